The first-order valence-corrected chi connectivity index (χ1v) is 12.9. The highest BCUT2D eigenvalue weighted by Crippen LogP contribution is 2.38. The van der Waals surface area contributed by atoms with E-state index < -0.39 is 11.9 Å². The van der Waals surface area contributed by atoms with Crippen LogP contribution in [0.25, 0.3) is 22.3 Å². The molecule has 0 aliphatic carbocycles. The van der Waals surface area contributed by atoms with Crippen LogP contribution in [-0.4, -0.2) is 87.1 Å². The summed E-state index contributed by atoms with van der Waals surface area (Å²) in [4.78, 5) is 18.4. The zero-order valence-corrected chi connectivity index (χ0v) is 21.4. The Morgan fingerprint density at radius 2 is 2.06 bits per heavy atom. The van der Waals surface area contributed by atoms with Crippen molar-refractivity contribution in [1.29, 1.82) is 0 Å². The molecule has 2 bridgehead atoms. The standard InChI is InChI=1S/C25H31ClFN7O2/c1-13(2)34-20-7-14(22-17(26)9-28-24(30-22)29-19-4-5-36-12-21(19)35)6-18(27)23(20)31-25(34)33-11-15-8-16(33)10-32(15)3/h6-7,9,13,15-16,19,21,35H,4-5,8,10-12H2,1-3H3,(H,28,29,30)/t15?,16-,19+,21+/m0/s1. The summed E-state index contributed by atoms with van der Waals surface area (Å²) >= 11 is 6.49. The topological polar surface area (TPSA) is 91.6 Å². The average Bonchev–Trinajstić information content (AvgIpc) is 3.53. The second-order valence-corrected chi connectivity index (χ2v) is 10.8. The van der Waals surface area contributed by atoms with Gasteiger partial charge in [-0.05, 0) is 45.9 Å². The lowest BCUT2D eigenvalue weighted by molar-refractivity contribution is -0.0136. The predicted molar refractivity (Wildman–Crippen MR) is 137 cm³/mol. The largest absolute Gasteiger partial charge is 0.389 e. The number of likely N-dealkylation sites (tertiary alicyclic amines) is 1. The number of aliphatic hydroxyl groups excluding tert-OH is 1. The summed E-state index contributed by atoms with van der Waals surface area (Å²) in [5, 5.41) is 13.7. The molecule has 0 radical (unpaired) electrons. The van der Waals surface area contributed by atoms with Gasteiger partial charge in [-0.2, -0.15) is 0 Å². The van der Waals surface area contributed by atoms with Crippen molar-refractivity contribution in [3.05, 3.63) is 29.2 Å². The number of benzene rings is 1. The summed E-state index contributed by atoms with van der Waals surface area (Å²) in [6, 6.07) is 4.11. The average molecular weight is 516 g/mol. The molecule has 3 aliphatic rings. The number of aromatic nitrogens is 4. The van der Waals surface area contributed by atoms with Crippen LogP contribution >= 0.6 is 11.6 Å². The van der Waals surface area contributed by atoms with Crippen molar-refractivity contribution in [1.82, 2.24) is 24.4 Å². The molecule has 0 spiro atoms. The second kappa shape index (κ2) is 9.09. The molecule has 2 N–H and O–H groups in total. The molecule has 2 aromatic heterocycles. The number of anilines is 2. The van der Waals surface area contributed by atoms with Crippen LogP contribution in [0.1, 0.15) is 32.7 Å². The number of likely N-dealkylation sites (N-methyl/N-ethyl adjacent to an activating group) is 1. The van der Waals surface area contributed by atoms with Crippen LogP contribution in [0.2, 0.25) is 5.02 Å². The summed E-state index contributed by atoms with van der Waals surface area (Å²) in [6.07, 6.45) is 2.59. The summed E-state index contributed by atoms with van der Waals surface area (Å²) in [5.74, 6) is 0.742. The lowest BCUT2D eigenvalue weighted by Crippen LogP contribution is -2.45. The molecule has 36 heavy (non-hydrogen) atoms. The van der Waals surface area contributed by atoms with Gasteiger partial charge in [0.15, 0.2) is 5.82 Å². The van der Waals surface area contributed by atoms with Gasteiger partial charge in [0, 0.05) is 43.4 Å². The first-order valence-electron chi connectivity index (χ1n) is 12.5. The van der Waals surface area contributed by atoms with Crippen molar-refractivity contribution in [2.24, 2.45) is 0 Å². The first-order chi connectivity index (χ1) is 17.3. The van der Waals surface area contributed by atoms with E-state index in [-0.39, 0.29) is 18.7 Å². The zero-order valence-electron chi connectivity index (χ0n) is 20.7. The van der Waals surface area contributed by atoms with Gasteiger partial charge in [-0.15, -0.1) is 0 Å². The van der Waals surface area contributed by atoms with Crippen molar-refractivity contribution in [2.75, 3.05) is 43.6 Å². The monoisotopic (exact) mass is 515 g/mol. The number of rotatable bonds is 5. The summed E-state index contributed by atoms with van der Waals surface area (Å²) in [5.41, 5.74) is 2.05. The maximum Gasteiger partial charge on any atom is 0.223 e. The molecule has 1 unspecified atom stereocenters. The van der Waals surface area contributed by atoms with Crippen LogP contribution in [0.4, 0.5) is 16.3 Å². The fourth-order valence-corrected chi connectivity index (χ4v) is 6.00. The van der Waals surface area contributed by atoms with Gasteiger partial charge in [-0.25, -0.2) is 19.3 Å². The molecular weight excluding hydrogens is 485 g/mol. The number of fused-ring (bicyclic) bond motifs is 3. The van der Waals surface area contributed by atoms with E-state index in [1.807, 2.05) is 6.07 Å². The van der Waals surface area contributed by atoms with E-state index in [4.69, 9.17) is 21.3 Å². The lowest BCUT2D eigenvalue weighted by atomic mass is 10.1. The molecule has 3 fully saturated rings. The Balaban J connectivity index is 1.39. The molecule has 192 valence electrons. The molecule has 1 aromatic carbocycles. The normalized spacial score (nSPS) is 26.5. The summed E-state index contributed by atoms with van der Waals surface area (Å²) < 4.78 is 22.9. The van der Waals surface area contributed by atoms with Crippen LogP contribution in [0.15, 0.2) is 18.3 Å². The van der Waals surface area contributed by atoms with Crippen molar-refractivity contribution >= 4 is 34.5 Å². The molecule has 11 heteroatoms. The molecule has 4 atom stereocenters. The highest BCUT2D eigenvalue weighted by atomic mass is 35.5. The highest BCUT2D eigenvalue weighted by Gasteiger charge is 2.43. The first kappa shape index (κ1) is 23.8. The number of hydrogen-bond donors (Lipinski definition) is 2. The van der Waals surface area contributed by atoms with Crippen LogP contribution < -0.4 is 10.2 Å². The van der Waals surface area contributed by atoms with Gasteiger partial charge in [0.1, 0.15) is 5.52 Å². The zero-order chi connectivity index (χ0) is 25.1. The number of piperazine rings is 1. The van der Waals surface area contributed by atoms with Gasteiger partial charge < -0.3 is 24.6 Å². The minimum atomic E-state index is -0.658. The fourth-order valence-electron chi connectivity index (χ4n) is 5.80. The molecule has 6 rings (SSSR count). The Bertz CT molecular complexity index is 1300. The molecule has 3 saturated heterocycles. The Hall–Kier alpha value is -2.53. The van der Waals surface area contributed by atoms with Crippen molar-refractivity contribution in [3.63, 3.8) is 0 Å². The van der Waals surface area contributed by atoms with E-state index in [0.29, 0.717) is 52.9 Å². The minimum Gasteiger partial charge on any atom is -0.389 e. The van der Waals surface area contributed by atoms with Gasteiger partial charge in [0.05, 0.1) is 41.2 Å². The number of hydrogen-bond acceptors (Lipinski definition) is 8. The van der Waals surface area contributed by atoms with E-state index >= 15 is 4.39 Å². The minimum absolute atomic E-state index is 0.0876. The van der Waals surface area contributed by atoms with Crippen molar-refractivity contribution in [3.8, 4) is 11.3 Å². The van der Waals surface area contributed by atoms with Gasteiger partial charge in [-0.1, -0.05) is 11.6 Å². The quantitative estimate of drug-likeness (QED) is 0.535. The Morgan fingerprint density at radius 1 is 1.22 bits per heavy atom. The van der Waals surface area contributed by atoms with Gasteiger partial charge in [0.2, 0.25) is 11.9 Å². The molecular formula is C25H31ClFN7O2. The van der Waals surface area contributed by atoms with Crippen molar-refractivity contribution in [2.45, 2.75) is 57.0 Å². The van der Waals surface area contributed by atoms with E-state index in [1.165, 1.54) is 12.3 Å². The number of imidazole rings is 1. The molecule has 9 nitrogen and oxygen atoms in total. The highest BCUT2D eigenvalue weighted by molar-refractivity contribution is 6.33. The van der Waals surface area contributed by atoms with E-state index in [2.05, 4.69) is 50.5 Å². The molecule has 3 aliphatic heterocycles. The third-order valence-corrected chi connectivity index (χ3v) is 7.95. The van der Waals surface area contributed by atoms with Gasteiger partial charge in [-0.3, -0.25) is 4.90 Å². The number of nitrogens with one attached hydrogen (secondary N) is 1. The smallest absolute Gasteiger partial charge is 0.223 e. The lowest BCUT2D eigenvalue weighted by Gasteiger charge is -2.33. The SMILES string of the molecule is CC(C)n1c(N2CC3C[C@H]2CN3C)nc2c(F)cc(-c3nc(N[C@@H]4CCOC[C@H]4O)ncc3Cl)cc21. The number of aliphatic hydroxyl groups is 1. The molecule has 5 heterocycles. The predicted octanol–water partition coefficient (Wildman–Crippen LogP) is 3.32. The third-order valence-electron chi connectivity index (χ3n) is 7.68. The van der Waals surface area contributed by atoms with Crippen LogP contribution in [0.5, 0.6) is 0 Å². The van der Waals surface area contributed by atoms with E-state index in [1.54, 1.807) is 0 Å². The van der Waals surface area contributed by atoms with E-state index in [9.17, 15) is 5.11 Å². The molecule has 0 saturated carbocycles. The van der Waals surface area contributed by atoms with Gasteiger partial charge in [0.25, 0.3) is 0 Å². The van der Waals surface area contributed by atoms with Crippen LogP contribution in [0, 0.1) is 5.82 Å². The third kappa shape index (κ3) is 4.00. The Kier molecular flexibility index (Phi) is 6.02. The van der Waals surface area contributed by atoms with Crippen LogP contribution in [-0.2, 0) is 4.74 Å². The Morgan fingerprint density at radius 3 is 2.75 bits per heavy atom. The fraction of sp³-hybridized carbons (Fsp3) is 0.560. The molecule has 0 amide bonds. The summed E-state index contributed by atoms with van der Waals surface area (Å²) in [7, 11) is 2.16. The second-order valence-electron chi connectivity index (χ2n) is 10.4. The number of ether oxygens (including phenoxy) is 1. The summed E-state index contributed by atoms with van der Waals surface area (Å²) in [6.45, 7) is 6.89. The number of nitrogens with zero attached hydrogens (tertiary/aromatic N) is 6. The van der Waals surface area contributed by atoms with Crippen molar-refractivity contribution < 1.29 is 14.2 Å². The van der Waals surface area contributed by atoms with E-state index in [0.717, 1.165) is 31.0 Å². The van der Waals surface area contributed by atoms with Gasteiger partial charge >= 0.3 is 0 Å². The Labute approximate surface area is 214 Å². The maximum absolute atomic E-state index is 15.5. The maximum atomic E-state index is 15.5. The molecule has 3 aromatic rings. The van der Waals surface area contributed by atoms with Crippen LogP contribution in [0.3, 0.4) is 0 Å². The number of halogens is 2.